The second-order valence-corrected chi connectivity index (χ2v) is 5.32. The summed E-state index contributed by atoms with van der Waals surface area (Å²) in [4.78, 5) is 28.4. The maximum Gasteiger partial charge on any atom is 0.278 e. The number of hydrogen-bond acceptors (Lipinski definition) is 5. The van der Waals surface area contributed by atoms with E-state index >= 15 is 0 Å². The molecule has 0 bridgehead atoms. The van der Waals surface area contributed by atoms with E-state index in [1.54, 1.807) is 24.3 Å². The van der Waals surface area contributed by atoms with E-state index in [4.69, 9.17) is 5.11 Å². The molecule has 0 unspecified atom stereocenters. The first kappa shape index (κ1) is 13.0. The van der Waals surface area contributed by atoms with Gasteiger partial charge in [0.2, 0.25) is 5.88 Å². The number of nitrogens with zero attached hydrogens (tertiary/aromatic N) is 2. The van der Waals surface area contributed by atoms with Gasteiger partial charge in [-0.1, -0.05) is 0 Å². The second-order valence-electron chi connectivity index (χ2n) is 5.32. The first-order valence-corrected chi connectivity index (χ1v) is 6.98. The third-order valence-corrected chi connectivity index (χ3v) is 4.10. The topological polar surface area (TPSA) is 92.4 Å². The van der Waals surface area contributed by atoms with Crippen LogP contribution in [0.15, 0.2) is 33.9 Å². The quantitative estimate of drug-likeness (QED) is 0.589. The molecule has 6 heteroatoms. The molecular weight excluding hydrogens is 284 g/mol. The minimum Gasteiger partial charge on any atom is -0.494 e. The van der Waals surface area contributed by atoms with Crippen molar-refractivity contribution in [2.75, 3.05) is 6.61 Å². The molecule has 0 aliphatic rings. The van der Waals surface area contributed by atoms with Crippen molar-refractivity contribution in [2.24, 2.45) is 0 Å². The maximum absolute atomic E-state index is 12.6. The molecule has 0 amide bonds. The predicted molar refractivity (Wildman–Crippen MR) is 83.0 cm³/mol. The van der Waals surface area contributed by atoms with Crippen molar-refractivity contribution in [3.8, 4) is 5.88 Å². The lowest BCUT2D eigenvalue weighted by Crippen LogP contribution is -2.21. The van der Waals surface area contributed by atoms with Gasteiger partial charge in [0.1, 0.15) is 0 Å². The fourth-order valence-electron chi connectivity index (χ4n) is 3.11. The summed E-state index contributed by atoms with van der Waals surface area (Å²) < 4.78 is 1.25. The average molecular weight is 296 g/mol. The molecule has 2 aromatic carbocycles. The SMILES string of the molecule is O=c1nc2ccc3c(O)n(CCCO)c(=O)c4ccc1c2c34. The molecule has 2 heterocycles. The van der Waals surface area contributed by atoms with E-state index in [2.05, 4.69) is 4.98 Å². The molecule has 4 rings (SSSR count). The molecule has 0 aliphatic heterocycles. The first-order valence-electron chi connectivity index (χ1n) is 6.98. The monoisotopic (exact) mass is 296 g/mol. The molecule has 2 N–H and O–H groups in total. The van der Waals surface area contributed by atoms with Crippen molar-refractivity contribution in [1.29, 1.82) is 0 Å². The van der Waals surface area contributed by atoms with Crippen LogP contribution >= 0.6 is 0 Å². The van der Waals surface area contributed by atoms with Crippen LogP contribution in [0.4, 0.5) is 0 Å². The Bertz CT molecular complexity index is 1120. The van der Waals surface area contributed by atoms with Gasteiger partial charge in [0.15, 0.2) is 0 Å². The van der Waals surface area contributed by atoms with Gasteiger partial charge in [0.25, 0.3) is 11.1 Å². The smallest absolute Gasteiger partial charge is 0.278 e. The summed E-state index contributed by atoms with van der Waals surface area (Å²) >= 11 is 0. The zero-order valence-electron chi connectivity index (χ0n) is 11.5. The Morgan fingerprint density at radius 3 is 2.50 bits per heavy atom. The van der Waals surface area contributed by atoms with Crippen LogP contribution in [0.1, 0.15) is 6.42 Å². The lowest BCUT2D eigenvalue weighted by molar-refractivity contribution is 0.275. The van der Waals surface area contributed by atoms with Gasteiger partial charge in [-0.05, 0) is 30.7 Å². The van der Waals surface area contributed by atoms with Crippen molar-refractivity contribution in [3.63, 3.8) is 0 Å². The van der Waals surface area contributed by atoms with Crippen LogP contribution in [0.5, 0.6) is 5.88 Å². The van der Waals surface area contributed by atoms with Gasteiger partial charge in [-0.25, -0.2) is 4.98 Å². The molecule has 2 aromatic heterocycles. The summed E-state index contributed by atoms with van der Waals surface area (Å²) in [6.07, 6.45) is 0.373. The molecule has 4 aromatic rings. The highest BCUT2D eigenvalue weighted by Crippen LogP contribution is 2.35. The molecule has 0 atom stereocenters. The standard InChI is InChI=1S/C16H12N2O4/c19-7-1-6-18-15(21)9-3-2-8-13-11(17-14(8)20)5-4-10(12(9)13)16(18)22/h2-5,19,22H,1,6-7H2. The highest BCUT2D eigenvalue weighted by molar-refractivity contribution is 6.23. The molecule has 0 radical (unpaired) electrons. The van der Waals surface area contributed by atoms with Crippen LogP contribution in [-0.4, -0.2) is 26.4 Å². The Morgan fingerprint density at radius 2 is 1.73 bits per heavy atom. The van der Waals surface area contributed by atoms with E-state index in [0.29, 0.717) is 38.9 Å². The van der Waals surface area contributed by atoms with Crippen LogP contribution < -0.4 is 11.1 Å². The van der Waals surface area contributed by atoms with Gasteiger partial charge < -0.3 is 10.2 Å². The van der Waals surface area contributed by atoms with Crippen molar-refractivity contribution < 1.29 is 10.2 Å². The molecule has 6 nitrogen and oxygen atoms in total. The second kappa shape index (κ2) is 4.38. The minimum atomic E-state index is -0.332. The van der Waals surface area contributed by atoms with Crippen LogP contribution in [0, 0.1) is 0 Å². The zero-order valence-corrected chi connectivity index (χ0v) is 11.5. The van der Waals surface area contributed by atoms with Crippen molar-refractivity contribution >= 4 is 32.4 Å². The summed E-state index contributed by atoms with van der Waals surface area (Å²) in [7, 11) is 0. The van der Waals surface area contributed by atoms with E-state index in [0.717, 1.165) is 0 Å². The largest absolute Gasteiger partial charge is 0.494 e. The highest BCUT2D eigenvalue weighted by atomic mass is 16.3. The number of aliphatic hydroxyl groups excluding tert-OH is 1. The molecule has 110 valence electrons. The molecular formula is C16H12N2O4. The van der Waals surface area contributed by atoms with Crippen LogP contribution in [0.3, 0.4) is 0 Å². The molecule has 0 fully saturated rings. The summed E-state index contributed by atoms with van der Waals surface area (Å²) in [5.41, 5.74) is -0.125. The fourth-order valence-corrected chi connectivity index (χ4v) is 3.11. The van der Waals surface area contributed by atoms with Gasteiger partial charge in [-0.15, -0.1) is 0 Å². The van der Waals surface area contributed by atoms with Crippen molar-refractivity contribution in [3.05, 3.63) is 45.0 Å². The van der Waals surface area contributed by atoms with E-state index < -0.39 is 0 Å². The van der Waals surface area contributed by atoms with Gasteiger partial charge in [0.05, 0.1) is 10.9 Å². The third kappa shape index (κ3) is 1.50. The summed E-state index contributed by atoms with van der Waals surface area (Å²) in [6.45, 7) is 0.166. The predicted octanol–water partition coefficient (Wildman–Crippen LogP) is 1.03. The number of benzene rings is 2. The van der Waals surface area contributed by atoms with Gasteiger partial charge in [0, 0.05) is 34.7 Å². The molecule has 0 saturated carbocycles. The van der Waals surface area contributed by atoms with Crippen molar-refractivity contribution in [1.82, 2.24) is 9.55 Å². The Labute approximate surface area is 123 Å². The molecule has 0 saturated heterocycles. The van der Waals surface area contributed by atoms with E-state index in [1.165, 1.54) is 4.57 Å². The minimum absolute atomic E-state index is 0.0649. The Hall–Kier alpha value is -2.73. The zero-order chi connectivity index (χ0) is 15.4. The van der Waals surface area contributed by atoms with E-state index in [9.17, 15) is 14.7 Å². The lowest BCUT2D eigenvalue weighted by atomic mass is 10.00. The highest BCUT2D eigenvalue weighted by Gasteiger charge is 2.19. The number of aliphatic hydroxyl groups is 1. The van der Waals surface area contributed by atoms with Gasteiger partial charge >= 0.3 is 0 Å². The molecule has 0 spiro atoms. The Balaban J connectivity index is 2.24. The molecule has 22 heavy (non-hydrogen) atoms. The van der Waals surface area contributed by atoms with Crippen LogP contribution in [-0.2, 0) is 6.54 Å². The number of rotatable bonds is 3. The number of pyridine rings is 1. The maximum atomic E-state index is 12.6. The Kier molecular flexibility index (Phi) is 2.58. The Morgan fingerprint density at radius 1 is 1.00 bits per heavy atom. The average Bonchev–Trinajstić information content (AvgIpc) is 2.85. The lowest BCUT2D eigenvalue weighted by Gasteiger charge is -2.13. The first-order chi connectivity index (χ1) is 10.6. The van der Waals surface area contributed by atoms with Gasteiger partial charge in [-0.3, -0.25) is 14.2 Å². The van der Waals surface area contributed by atoms with E-state index in [-0.39, 0.29) is 30.2 Å². The summed E-state index contributed by atoms with van der Waals surface area (Å²) in [5.74, 6) is -0.144. The number of hydrogen-bond donors (Lipinski definition) is 2. The summed E-state index contributed by atoms with van der Waals surface area (Å²) in [5, 5.41) is 22.0. The summed E-state index contributed by atoms with van der Waals surface area (Å²) in [6, 6.07) is 6.55. The van der Waals surface area contributed by atoms with Crippen LogP contribution in [0.2, 0.25) is 0 Å². The number of aromatic hydroxyl groups is 1. The van der Waals surface area contributed by atoms with E-state index in [1.807, 2.05) is 0 Å². The normalized spacial score (nSPS) is 12.0. The number of aromatic nitrogens is 2. The van der Waals surface area contributed by atoms with Crippen LogP contribution in [0.25, 0.3) is 32.4 Å². The van der Waals surface area contributed by atoms with Gasteiger partial charge in [-0.2, -0.15) is 0 Å². The fraction of sp³-hybridized carbons (Fsp3) is 0.188. The molecule has 0 aliphatic carbocycles. The van der Waals surface area contributed by atoms with Crippen molar-refractivity contribution in [2.45, 2.75) is 13.0 Å². The third-order valence-electron chi connectivity index (χ3n) is 4.10.